The van der Waals surface area contributed by atoms with E-state index in [1.165, 1.54) is 11.3 Å². The summed E-state index contributed by atoms with van der Waals surface area (Å²) in [5.74, 6) is -0.317. The summed E-state index contributed by atoms with van der Waals surface area (Å²) in [5, 5.41) is 15.3. The molecule has 2 amide bonds. The van der Waals surface area contributed by atoms with Gasteiger partial charge >= 0.3 is 0 Å². The van der Waals surface area contributed by atoms with Crippen LogP contribution in [0.2, 0.25) is 0 Å². The Morgan fingerprint density at radius 2 is 1.76 bits per heavy atom. The highest BCUT2D eigenvalue weighted by Crippen LogP contribution is 2.26. The highest BCUT2D eigenvalue weighted by atomic mass is 32.1. The number of carbonyl (C=O) groups is 2. The molecule has 0 bridgehead atoms. The predicted octanol–water partition coefficient (Wildman–Crippen LogP) is 4.89. The summed E-state index contributed by atoms with van der Waals surface area (Å²) >= 11 is 1.32. The lowest BCUT2D eigenvalue weighted by atomic mass is 9.94. The van der Waals surface area contributed by atoms with Gasteiger partial charge in [-0.1, -0.05) is 88.6 Å². The molecule has 29 heavy (non-hydrogen) atoms. The summed E-state index contributed by atoms with van der Waals surface area (Å²) in [6.45, 7) is 8.13. The van der Waals surface area contributed by atoms with Gasteiger partial charge in [-0.3, -0.25) is 14.9 Å². The molecule has 1 aromatic heterocycles. The molecular weight excluding hydrogens is 384 g/mol. The van der Waals surface area contributed by atoms with Crippen molar-refractivity contribution in [3.63, 3.8) is 0 Å². The van der Waals surface area contributed by atoms with Crippen LogP contribution in [0.1, 0.15) is 59.8 Å². The summed E-state index contributed by atoms with van der Waals surface area (Å²) in [5.41, 5.74) is 0.957. The van der Waals surface area contributed by atoms with Crippen LogP contribution in [0.5, 0.6) is 0 Å². The maximum atomic E-state index is 12.9. The number of hydrogen-bond donors (Lipinski definition) is 2. The van der Waals surface area contributed by atoms with Crippen molar-refractivity contribution < 1.29 is 9.59 Å². The summed E-state index contributed by atoms with van der Waals surface area (Å²) in [7, 11) is 0. The molecule has 0 fully saturated rings. The third-order valence-corrected chi connectivity index (χ3v) is 6.13. The number of nitrogens with one attached hydrogen (secondary N) is 2. The fourth-order valence-corrected chi connectivity index (χ4v) is 3.85. The van der Waals surface area contributed by atoms with E-state index in [1.54, 1.807) is 0 Å². The number of hydrogen-bond acceptors (Lipinski definition) is 5. The zero-order chi connectivity index (χ0) is 21.2. The minimum atomic E-state index is -0.591. The molecule has 0 saturated heterocycles. The van der Waals surface area contributed by atoms with Gasteiger partial charge in [0.15, 0.2) is 0 Å². The van der Waals surface area contributed by atoms with E-state index in [2.05, 4.69) is 27.8 Å². The molecule has 3 unspecified atom stereocenters. The SMILES string of the molecule is CCCCC(CC)C(=O)NC(C(=O)Nc1nnc(-c2ccccc2)s1)C(C)CC. The van der Waals surface area contributed by atoms with Gasteiger partial charge in [-0.05, 0) is 18.8 Å². The van der Waals surface area contributed by atoms with Crippen LogP contribution < -0.4 is 10.6 Å². The second-order valence-corrected chi connectivity index (χ2v) is 8.36. The van der Waals surface area contributed by atoms with Crippen LogP contribution in [0.15, 0.2) is 30.3 Å². The topological polar surface area (TPSA) is 84.0 Å². The van der Waals surface area contributed by atoms with Gasteiger partial charge in [0.25, 0.3) is 0 Å². The number of amides is 2. The van der Waals surface area contributed by atoms with E-state index in [9.17, 15) is 9.59 Å². The molecule has 0 aliphatic heterocycles. The molecule has 1 aromatic carbocycles. The fraction of sp³-hybridized carbons (Fsp3) is 0.545. The first kappa shape index (κ1) is 23.0. The van der Waals surface area contributed by atoms with Gasteiger partial charge in [0.1, 0.15) is 11.0 Å². The first-order chi connectivity index (χ1) is 14.0. The Morgan fingerprint density at radius 3 is 2.38 bits per heavy atom. The largest absolute Gasteiger partial charge is 0.344 e. The lowest BCUT2D eigenvalue weighted by molar-refractivity contribution is -0.130. The third kappa shape index (κ3) is 6.63. The molecular formula is C22H32N4O2S. The van der Waals surface area contributed by atoms with E-state index in [0.29, 0.717) is 5.13 Å². The first-order valence-electron chi connectivity index (χ1n) is 10.5. The minimum Gasteiger partial charge on any atom is -0.344 e. The van der Waals surface area contributed by atoms with Crippen LogP contribution in [0, 0.1) is 11.8 Å². The molecule has 0 radical (unpaired) electrons. The van der Waals surface area contributed by atoms with Crippen LogP contribution in [-0.4, -0.2) is 28.1 Å². The molecule has 3 atom stereocenters. The van der Waals surface area contributed by atoms with Gasteiger partial charge < -0.3 is 5.32 Å². The monoisotopic (exact) mass is 416 g/mol. The average Bonchev–Trinajstić information content (AvgIpc) is 3.21. The highest BCUT2D eigenvalue weighted by molar-refractivity contribution is 7.18. The molecule has 158 valence electrons. The average molecular weight is 417 g/mol. The summed E-state index contributed by atoms with van der Waals surface area (Å²) in [6.07, 6.45) is 4.48. The summed E-state index contributed by atoms with van der Waals surface area (Å²) < 4.78 is 0. The number of anilines is 1. The van der Waals surface area contributed by atoms with Gasteiger partial charge in [-0.25, -0.2) is 0 Å². The van der Waals surface area contributed by atoms with E-state index in [4.69, 9.17) is 0 Å². The van der Waals surface area contributed by atoms with Crippen molar-refractivity contribution >= 4 is 28.3 Å². The number of unbranched alkanes of at least 4 members (excludes halogenated alkanes) is 1. The van der Waals surface area contributed by atoms with E-state index < -0.39 is 6.04 Å². The predicted molar refractivity (Wildman–Crippen MR) is 119 cm³/mol. The van der Waals surface area contributed by atoms with Crippen molar-refractivity contribution in [1.82, 2.24) is 15.5 Å². The molecule has 0 aliphatic carbocycles. The Labute approximate surface area is 177 Å². The zero-order valence-corrected chi connectivity index (χ0v) is 18.6. The zero-order valence-electron chi connectivity index (χ0n) is 17.8. The van der Waals surface area contributed by atoms with Crippen molar-refractivity contribution in [2.75, 3.05) is 5.32 Å². The van der Waals surface area contributed by atoms with Gasteiger partial charge in [0, 0.05) is 11.5 Å². The summed E-state index contributed by atoms with van der Waals surface area (Å²) in [4.78, 5) is 25.7. The number of aromatic nitrogens is 2. The van der Waals surface area contributed by atoms with E-state index >= 15 is 0 Å². The number of benzene rings is 1. The standard InChI is InChI=1S/C22H32N4O2S/c1-5-8-12-16(7-3)19(27)23-18(15(4)6-2)20(28)24-22-26-25-21(29-22)17-13-10-9-11-14-17/h9-11,13-16,18H,5-8,12H2,1-4H3,(H,23,27)(H,24,26,28). The Balaban J connectivity index is 2.07. The van der Waals surface area contributed by atoms with Crippen molar-refractivity contribution in [1.29, 1.82) is 0 Å². The van der Waals surface area contributed by atoms with Crippen molar-refractivity contribution in [3.05, 3.63) is 30.3 Å². The molecule has 7 heteroatoms. The van der Waals surface area contributed by atoms with Crippen LogP contribution in [0.4, 0.5) is 5.13 Å². The quantitative estimate of drug-likeness (QED) is 0.546. The molecule has 0 saturated carbocycles. The molecule has 6 nitrogen and oxygen atoms in total. The van der Waals surface area contributed by atoms with Gasteiger partial charge in [0.05, 0.1) is 0 Å². The lowest BCUT2D eigenvalue weighted by Gasteiger charge is -2.25. The maximum absolute atomic E-state index is 12.9. The molecule has 2 rings (SSSR count). The van der Waals surface area contributed by atoms with Gasteiger partial charge in [-0.2, -0.15) is 0 Å². The molecule has 0 spiro atoms. The van der Waals surface area contributed by atoms with E-state index in [1.807, 2.05) is 51.1 Å². The Morgan fingerprint density at radius 1 is 1.03 bits per heavy atom. The summed E-state index contributed by atoms with van der Waals surface area (Å²) in [6, 6.07) is 9.13. The fourth-order valence-electron chi connectivity index (χ4n) is 3.10. The number of carbonyl (C=O) groups excluding carboxylic acids is 2. The van der Waals surface area contributed by atoms with Crippen LogP contribution in [0.3, 0.4) is 0 Å². The maximum Gasteiger partial charge on any atom is 0.249 e. The van der Waals surface area contributed by atoms with Crippen molar-refractivity contribution in [3.8, 4) is 10.6 Å². The van der Waals surface area contributed by atoms with Crippen LogP contribution in [-0.2, 0) is 9.59 Å². The lowest BCUT2D eigenvalue weighted by Crippen LogP contribution is -2.49. The van der Waals surface area contributed by atoms with E-state index in [0.717, 1.165) is 42.7 Å². The second kappa shape index (κ2) is 11.7. The molecule has 1 heterocycles. The van der Waals surface area contributed by atoms with Crippen LogP contribution >= 0.6 is 11.3 Å². The van der Waals surface area contributed by atoms with Crippen molar-refractivity contribution in [2.24, 2.45) is 11.8 Å². The normalized spacial score (nSPS) is 14.1. The molecule has 2 aromatic rings. The second-order valence-electron chi connectivity index (χ2n) is 7.39. The Kier molecular flexibility index (Phi) is 9.25. The third-order valence-electron chi connectivity index (χ3n) is 5.24. The Hall–Kier alpha value is -2.28. The van der Waals surface area contributed by atoms with E-state index in [-0.39, 0.29) is 23.7 Å². The van der Waals surface area contributed by atoms with Crippen molar-refractivity contribution in [2.45, 2.75) is 65.8 Å². The molecule has 0 aliphatic rings. The first-order valence-corrected chi connectivity index (χ1v) is 11.3. The molecule has 2 N–H and O–H groups in total. The smallest absolute Gasteiger partial charge is 0.249 e. The van der Waals surface area contributed by atoms with Gasteiger partial charge in [0.2, 0.25) is 16.9 Å². The Bertz CT molecular complexity index is 778. The number of nitrogens with zero attached hydrogens (tertiary/aromatic N) is 2. The minimum absolute atomic E-state index is 0.0177. The highest BCUT2D eigenvalue weighted by Gasteiger charge is 2.29. The number of rotatable bonds is 11. The van der Waals surface area contributed by atoms with Gasteiger partial charge in [-0.15, -0.1) is 10.2 Å². The van der Waals surface area contributed by atoms with Crippen LogP contribution in [0.25, 0.3) is 10.6 Å².